The fraction of sp³-hybridized carbons (Fsp3) is 0.438. The van der Waals surface area contributed by atoms with Crippen LogP contribution in [0.25, 0.3) is 0 Å². The van der Waals surface area contributed by atoms with Crippen molar-refractivity contribution >= 4 is 0 Å². The highest BCUT2D eigenvalue weighted by molar-refractivity contribution is 5.55. The van der Waals surface area contributed by atoms with Gasteiger partial charge in [0.2, 0.25) is 26.1 Å². The Bertz CT molecular complexity index is 3130. The van der Waals surface area contributed by atoms with Crippen LogP contribution in [0.2, 0.25) is 0 Å². The van der Waals surface area contributed by atoms with E-state index in [-0.39, 0.29) is 68.8 Å². The first-order valence-corrected chi connectivity index (χ1v) is 27.9. The zero-order valence-corrected chi connectivity index (χ0v) is 47.4. The molecule has 9 heterocycles. The van der Waals surface area contributed by atoms with Crippen molar-refractivity contribution in [3.8, 4) is 74.7 Å². The van der Waals surface area contributed by atoms with Crippen molar-refractivity contribution in [2.24, 2.45) is 35.5 Å². The summed E-state index contributed by atoms with van der Waals surface area (Å²) in [5, 5.41) is 0. The predicted molar refractivity (Wildman–Crippen MR) is 296 cm³/mol. The van der Waals surface area contributed by atoms with Gasteiger partial charge in [-0.2, -0.15) is 0 Å². The second-order valence-electron chi connectivity index (χ2n) is 21.5. The van der Waals surface area contributed by atoms with E-state index in [2.05, 4.69) is 12.1 Å². The second kappa shape index (κ2) is 23.6. The standard InChI is InChI=1S/C22H24O7.2C21H22O6/c1-23-18-7-13(8-19(24-2)22(18)25-3)21-15-10-26-20(14(15)9-27-21)12-4-5-16-17(6-12)29-11-28-16;2*1-22-16-5-3-12(7-18(16)23-2)20-14-9-25-21(15(14)10-24-20)13-4-6-17-19(8-13)27-11-26-17/h4-8,14-15,20-21H,9-11H2,1-3H3;2*3-8,14-15,20-21H,9-11H2,1-2H3/t2*14-,15-,20+,21+;14-,15-,20-,21+/m000/s1. The zero-order valence-electron chi connectivity index (χ0n) is 47.4. The highest BCUT2D eigenvalue weighted by atomic mass is 16.7. The molecule has 19 heteroatoms. The minimum atomic E-state index is -0.0901. The van der Waals surface area contributed by atoms with E-state index in [1.165, 1.54) is 0 Å². The molecule has 9 aliphatic heterocycles. The fourth-order valence-electron chi connectivity index (χ4n) is 13.3. The third-order valence-corrected chi connectivity index (χ3v) is 17.5. The molecular weight excluding hydrogens is 1070 g/mol. The van der Waals surface area contributed by atoms with Gasteiger partial charge in [0.05, 0.1) is 126 Å². The van der Waals surface area contributed by atoms with Gasteiger partial charge in [-0.05, 0) is 106 Å². The molecule has 6 saturated heterocycles. The molecule has 9 aliphatic rings. The highest BCUT2D eigenvalue weighted by Crippen LogP contribution is 2.56. The van der Waals surface area contributed by atoms with Crippen molar-refractivity contribution in [3.05, 3.63) is 137 Å². The summed E-state index contributed by atoms with van der Waals surface area (Å²) < 4.78 is 108. The van der Waals surface area contributed by atoms with Gasteiger partial charge in [-0.15, -0.1) is 0 Å². The number of methoxy groups -OCH3 is 7. The van der Waals surface area contributed by atoms with E-state index in [1.807, 2.05) is 91.0 Å². The summed E-state index contributed by atoms with van der Waals surface area (Å²) in [6.45, 7) is 4.76. The first-order chi connectivity index (χ1) is 40.8. The quantitative estimate of drug-likeness (QED) is 0.107. The molecule has 6 aromatic carbocycles. The Kier molecular flexibility index (Phi) is 15.6. The molecule has 438 valence electrons. The minimum absolute atomic E-state index is 0.00573. The topological polar surface area (TPSA) is 175 Å². The largest absolute Gasteiger partial charge is 0.493 e. The number of benzene rings is 6. The molecule has 6 fully saturated rings. The average molecular weight is 1140 g/mol. The van der Waals surface area contributed by atoms with Crippen molar-refractivity contribution in [2.45, 2.75) is 36.6 Å². The number of hydrogen-bond acceptors (Lipinski definition) is 19. The molecule has 0 spiro atoms. The van der Waals surface area contributed by atoms with Gasteiger partial charge in [0, 0.05) is 35.5 Å². The van der Waals surface area contributed by atoms with E-state index in [1.54, 1.807) is 49.8 Å². The van der Waals surface area contributed by atoms with E-state index in [4.69, 9.17) is 90.0 Å². The van der Waals surface area contributed by atoms with E-state index >= 15 is 0 Å². The Morgan fingerprint density at radius 1 is 0.253 bits per heavy atom. The molecule has 0 radical (unpaired) electrons. The second-order valence-corrected chi connectivity index (χ2v) is 21.5. The third kappa shape index (κ3) is 10.2. The van der Waals surface area contributed by atoms with Gasteiger partial charge in [0.15, 0.2) is 69.0 Å². The van der Waals surface area contributed by atoms with Gasteiger partial charge in [-0.1, -0.05) is 30.3 Å². The van der Waals surface area contributed by atoms with Crippen molar-refractivity contribution in [3.63, 3.8) is 0 Å². The molecule has 19 nitrogen and oxygen atoms in total. The maximum atomic E-state index is 6.24. The van der Waals surface area contributed by atoms with Crippen LogP contribution in [0.5, 0.6) is 74.7 Å². The van der Waals surface area contributed by atoms with Crippen LogP contribution in [-0.4, -0.2) is 110 Å². The molecule has 0 unspecified atom stereocenters. The number of ether oxygens (including phenoxy) is 19. The van der Waals surface area contributed by atoms with Crippen LogP contribution in [0.15, 0.2) is 103 Å². The first-order valence-electron chi connectivity index (χ1n) is 27.9. The summed E-state index contributed by atoms with van der Waals surface area (Å²) >= 11 is 0. The van der Waals surface area contributed by atoms with Gasteiger partial charge in [0.1, 0.15) is 0 Å². The fourth-order valence-corrected chi connectivity index (χ4v) is 13.3. The molecule has 0 aliphatic carbocycles. The van der Waals surface area contributed by atoms with Gasteiger partial charge in [-0.25, -0.2) is 0 Å². The SMILES string of the molecule is COc1cc([C@H]2OC[C@H]3[C@@H]2CO[C@@H]3c2ccc3c(c2)OCO3)cc(OC)c1OC.COc1ccc([C@@H]2OC[C@H]3[C@@H]2CO[C@@H]3c2ccc3c(c2)OCO3)cc1OC.COc1ccc([C@H]2OC[C@H]3[C@@H]2CO[C@@H]3c2ccc3c(c2)OCO3)cc1OC. The molecule has 0 amide bonds. The Labute approximate surface area is 481 Å². The molecule has 0 bridgehead atoms. The van der Waals surface area contributed by atoms with Crippen molar-refractivity contribution < 1.29 is 90.0 Å². The van der Waals surface area contributed by atoms with Crippen molar-refractivity contribution in [1.29, 1.82) is 0 Å². The lowest BCUT2D eigenvalue weighted by Crippen LogP contribution is -2.14. The van der Waals surface area contributed by atoms with Gasteiger partial charge < -0.3 is 90.0 Å². The smallest absolute Gasteiger partial charge is 0.231 e. The summed E-state index contributed by atoms with van der Waals surface area (Å²) in [6, 6.07) is 34.0. The van der Waals surface area contributed by atoms with Gasteiger partial charge in [0.25, 0.3) is 0 Å². The third-order valence-electron chi connectivity index (χ3n) is 17.5. The van der Waals surface area contributed by atoms with E-state index in [0.717, 1.165) is 79.4 Å². The number of rotatable bonds is 13. The summed E-state index contributed by atoms with van der Waals surface area (Å²) in [5.41, 5.74) is 6.51. The minimum Gasteiger partial charge on any atom is -0.493 e. The van der Waals surface area contributed by atoms with E-state index in [9.17, 15) is 0 Å². The zero-order chi connectivity index (χ0) is 56.7. The lowest BCUT2D eigenvalue weighted by atomic mass is 9.85. The molecule has 83 heavy (non-hydrogen) atoms. The molecule has 15 rings (SSSR count). The molecule has 0 N–H and O–H groups in total. The van der Waals surface area contributed by atoms with Crippen LogP contribution < -0.4 is 61.6 Å². The molecule has 12 atom stereocenters. The van der Waals surface area contributed by atoms with Crippen LogP contribution in [0.1, 0.15) is 70.0 Å². The molecule has 6 aromatic rings. The van der Waals surface area contributed by atoms with Crippen LogP contribution in [0.3, 0.4) is 0 Å². The Hall–Kier alpha value is -7.52. The Balaban J connectivity index is 0.000000117. The van der Waals surface area contributed by atoms with Gasteiger partial charge in [-0.3, -0.25) is 0 Å². The highest BCUT2D eigenvalue weighted by Gasteiger charge is 2.51. The maximum absolute atomic E-state index is 6.24. The molecule has 0 aromatic heterocycles. The lowest BCUT2D eigenvalue weighted by molar-refractivity contribution is 0.0190. The normalized spacial score (nSPS) is 27.8. The maximum Gasteiger partial charge on any atom is 0.231 e. The summed E-state index contributed by atoms with van der Waals surface area (Å²) in [4.78, 5) is 0. The molecule has 0 saturated carbocycles. The van der Waals surface area contributed by atoms with E-state index in [0.29, 0.717) is 92.1 Å². The lowest BCUT2D eigenvalue weighted by Gasteiger charge is -2.20. The predicted octanol–water partition coefficient (Wildman–Crippen LogP) is 10.5. The summed E-state index contributed by atoms with van der Waals surface area (Å²) in [6.07, 6.45) is -0.110. The average Bonchev–Trinajstić information content (AvgIpc) is 4.56. The molecular formula is C64H68O19. The van der Waals surface area contributed by atoms with Crippen LogP contribution in [-0.2, 0) is 28.4 Å². The van der Waals surface area contributed by atoms with Crippen LogP contribution >= 0.6 is 0 Å². The van der Waals surface area contributed by atoms with Crippen molar-refractivity contribution in [1.82, 2.24) is 0 Å². The number of hydrogen-bond donors (Lipinski definition) is 0. The monoisotopic (exact) mass is 1140 g/mol. The number of fused-ring (bicyclic) bond motifs is 6. The summed E-state index contributed by atoms with van der Waals surface area (Å²) in [7, 11) is 11.4. The Morgan fingerprint density at radius 2 is 0.506 bits per heavy atom. The van der Waals surface area contributed by atoms with Gasteiger partial charge >= 0.3 is 0 Å². The van der Waals surface area contributed by atoms with Crippen LogP contribution in [0.4, 0.5) is 0 Å². The first kappa shape index (κ1) is 54.7. The van der Waals surface area contributed by atoms with Crippen molar-refractivity contribution in [2.75, 3.05) is 110 Å². The summed E-state index contributed by atoms with van der Waals surface area (Å²) in [5.74, 6) is 11.1. The van der Waals surface area contributed by atoms with E-state index < -0.39 is 0 Å². The van der Waals surface area contributed by atoms with Crippen LogP contribution in [0, 0.1) is 35.5 Å². The Morgan fingerprint density at radius 3 is 0.795 bits per heavy atom.